The van der Waals surface area contributed by atoms with Gasteiger partial charge in [-0.2, -0.15) is 0 Å². The minimum atomic E-state index is -0.510. The highest BCUT2D eigenvalue weighted by atomic mass is 19.1. The largest absolute Gasteiger partial charge is 0.362 e. The number of piperazine rings is 1. The van der Waals surface area contributed by atoms with E-state index in [2.05, 4.69) is 5.32 Å². The average Bonchev–Trinajstić information content (AvgIpc) is 2.72. The summed E-state index contributed by atoms with van der Waals surface area (Å²) < 4.78 is 12.9. The molecule has 2 amide bonds. The summed E-state index contributed by atoms with van der Waals surface area (Å²) >= 11 is 0. The van der Waals surface area contributed by atoms with E-state index in [1.54, 1.807) is 29.2 Å². The van der Waals surface area contributed by atoms with Gasteiger partial charge >= 0.3 is 0 Å². The van der Waals surface area contributed by atoms with Gasteiger partial charge in [0.25, 0.3) is 11.6 Å². The van der Waals surface area contributed by atoms with E-state index in [1.165, 1.54) is 25.1 Å². The fraction of sp³-hybridized carbons (Fsp3) is 0.300. The third-order valence-electron chi connectivity index (χ3n) is 4.87. The van der Waals surface area contributed by atoms with Crippen molar-refractivity contribution in [3.05, 3.63) is 69.5 Å². The number of nitrogens with zero attached hydrogens (tertiary/aromatic N) is 3. The molecule has 3 rings (SSSR count). The van der Waals surface area contributed by atoms with Crippen molar-refractivity contribution in [2.24, 2.45) is 0 Å². The van der Waals surface area contributed by atoms with Crippen LogP contribution in [0.3, 0.4) is 0 Å². The first kappa shape index (κ1) is 20.2. The van der Waals surface area contributed by atoms with Crippen LogP contribution in [0.4, 0.5) is 15.8 Å². The summed E-state index contributed by atoms with van der Waals surface area (Å²) in [5, 5.41) is 14.2. The van der Waals surface area contributed by atoms with Crippen LogP contribution < -0.4 is 10.2 Å². The van der Waals surface area contributed by atoms with Crippen LogP contribution >= 0.6 is 0 Å². The van der Waals surface area contributed by atoms with Crippen molar-refractivity contribution in [1.82, 2.24) is 10.2 Å². The first-order valence-corrected chi connectivity index (χ1v) is 9.16. The van der Waals surface area contributed by atoms with Crippen molar-refractivity contribution < 1.29 is 18.9 Å². The lowest BCUT2D eigenvalue weighted by Crippen LogP contribution is -2.48. The third kappa shape index (κ3) is 4.87. The van der Waals surface area contributed by atoms with Gasteiger partial charge < -0.3 is 15.1 Å². The third-order valence-corrected chi connectivity index (χ3v) is 4.87. The smallest absolute Gasteiger partial charge is 0.293 e. The molecule has 152 valence electrons. The molecule has 8 nitrogen and oxygen atoms in total. The molecule has 2 aromatic carbocycles. The lowest BCUT2D eigenvalue weighted by molar-refractivity contribution is -0.384. The highest BCUT2D eigenvalue weighted by Crippen LogP contribution is 2.30. The standard InChI is InChI=1S/C20H21FN4O4/c1-14(26)23-8-10-24(11-9-23)18-7-4-16(12-19(18)25(28)29)20(27)22-13-15-2-5-17(21)6-3-15/h2-7,12H,8-11,13H2,1H3,(H,22,27). The van der Waals surface area contributed by atoms with Crippen LogP contribution in [0.5, 0.6) is 0 Å². The molecule has 2 aromatic rings. The number of benzene rings is 2. The van der Waals surface area contributed by atoms with E-state index in [9.17, 15) is 24.1 Å². The zero-order valence-electron chi connectivity index (χ0n) is 15.9. The van der Waals surface area contributed by atoms with E-state index in [0.29, 0.717) is 37.4 Å². The Kier molecular flexibility index (Phi) is 6.06. The van der Waals surface area contributed by atoms with Gasteiger partial charge in [-0.05, 0) is 29.8 Å². The Balaban J connectivity index is 1.72. The molecular weight excluding hydrogens is 379 g/mol. The predicted octanol–water partition coefficient (Wildman–Crippen LogP) is 2.33. The number of halogens is 1. The van der Waals surface area contributed by atoms with Gasteiger partial charge in [0.15, 0.2) is 0 Å². The maximum absolute atomic E-state index is 12.9. The maximum Gasteiger partial charge on any atom is 0.293 e. The summed E-state index contributed by atoms with van der Waals surface area (Å²) in [5.74, 6) is -0.840. The molecule has 1 aliphatic heterocycles. The molecular formula is C20H21FN4O4. The SMILES string of the molecule is CC(=O)N1CCN(c2ccc(C(=O)NCc3ccc(F)cc3)cc2[N+](=O)[O-])CC1. The average molecular weight is 400 g/mol. The molecule has 0 saturated carbocycles. The molecule has 9 heteroatoms. The fourth-order valence-corrected chi connectivity index (χ4v) is 3.23. The van der Waals surface area contributed by atoms with Crippen molar-refractivity contribution >= 4 is 23.2 Å². The normalized spacial score (nSPS) is 13.9. The number of carbonyl (C=O) groups is 2. The highest BCUT2D eigenvalue weighted by molar-refractivity contribution is 5.95. The monoisotopic (exact) mass is 400 g/mol. The lowest BCUT2D eigenvalue weighted by atomic mass is 10.1. The van der Waals surface area contributed by atoms with Crippen molar-refractivity contribution in [3.63, 3.8) is 0 Å². The van der Waals surface area contributed by atoms with E-state index >= 15 is 0 Å². The Hall–Kier alpha value is -3.49. The quantitative estimate of drug-likeness (QED) is 0.614. The van der Waals surface area contributed by atoms with Gasteiger partial charge in [-0.25, -0.2) is 4.39 Å². The summed E-state index contributed by atoms with van der Waals surface area (Å²) in [6, 6.07) is 10.1. The second kappa shape index (κ2) is 8.68. The molecule has 1 fully saturated rings. The molecule has 0 spiro atoms. The Labute approximate surface area is 167 Å². The van der Waals surface area contributed by atoms with Crippen molar-refractivity contribution in [3.8, 4) is 0 Å². The number of nitro benzene ring substituents is 1. The Morgan fingerprint density at radius 1 is 1.10 bits per heavy atom. The number of carbonyl (C=O) groups excluding carboxylic acids is 2. The topological polar surface area (TPSA) is 95.8 Å². The van der Waals surface area contributed by atoms with Crippen molar-refractivity contribution in [2.45, 2.75) is 13.5 Å². The van der Waals surface area contributed by atoms with Gasteiger partial charge in [0.2, 0.25) is 5.91 Å². The van der Waals surface area contributed by atoms with Crippen LogP contribution in [0.2, 0.25) is 0 Å². The van der Waals surface area contributed by atoms with E-state index in [4.69, 9.17) is 0 Å². The number of rotatable bonds is 5. The first-order valence-electron chi connectivity index (χ1n) is 9.16. The van der Waals surface area contributed by atoms with Crippen LogP contribution in [0, 0.1) is 15.9 Å². The van der Waals surface area contributed by atoms with Gasteiger partial charge in [-0.3, -0.25) is 19.7 Å². The number of nitro groups is 1. The van der Waals surface area contributed by atoms with E-state index in [1.807, 2.05) is 4.90 Å². The van der Waals surface area contributed by atoms with E-state index < -0.39 is 10.8 Å². The van der Waals surface area contributed by atoms with Gasteiger partial charge in [-0.15, -0.1) is 0 Å². The Morgan fingerprint density at radius 2 is 1.76 bits per heavy atom. The van der Waals surface area contributed by atoms with Gasteiger partial charge in [0.05, 0.1) is 4.92 Å². The van der Waals surface area contributed by atoms with Crippen molar-refractivity contribution in [2.75, 3.05) is 31.1 Å². The first-order chi connectivity index (χ1) is 13.8. The molecule has 0 atom stereocenters. The van der Waals surface area contributed by atoms with Gasteiger partial charge in [-0.1, -0.05) is 12.1 Å². The van der Waals surface area contributed by atoms with Crippen LogP contribution in [0.1, 0.15) is 22.8 Å². The molecule has 1 heterocycles. The number of hydrogen-bond donors (Lipinski definition) is 1. The predicted molar refractivity (Wildman–Crippen MR) is 105 cm³/mol. The molecule has 29 heavy (non-hydrogen) atoms. The molecule has 0 radical (unpaired) electrons. The number of anilines is 1. The number of amides is 2. The maximum atomic E-state index is 12.9. The van der Waals surface area contributed by atoms with Crippen molar-refractivity contribution in [1.29, 1.82) is 0 Å². The molecule has 1 saturated heterocycles. The highest BCUT2D eigenvalue weighted by Gasteiger charge is 2.25. The number of nitrogens with one attached hydrogen (secondary N) is 1. The molecule has 0 bridgehead atoms. The fourth-order valence-electron chi connectivity index (χ4n) is 3.23. The second-order valence-corrected chi connectivity index (χ2v) is 6.76. The molecule has 1 N–H and O–H groups in total. The minimum absolute atomic E-state index is 0.0210. The molecule has 0 aromatic heterocycles. The van der Waals surface area contributed by atoms with E-state index in [-0.39, 0.29) is 29.5 Å². The summed E-state index contributed by atoms with van der Waals surface area (Å²) in [7, 11) is 0. The van der Waals surface area contributed by atoms with Crippen LogP contribution in [-0.2, 0) is 11.3 Å². The molecule has 0 unspecified atom stereocenters. The zero-order valence-corrected chi connectivity index (χ0v) is 15.9. The zero-order chi connectivity index (χ0) is 21.0. The summed E-state index contributed by atoms with van der Waals surface area (Å²) in [6.07, 6.45) is 0. The van der Waals surface area contributed by atoms with E-state index in [0.717, 1.165) is 0 Å². The van der Waals surface area contributed by atoms with Crippen LogP contribution in [0.15, 0.2) is 42.5 Å². The Bertz CT molecular complexity index is 925. The summed E-state index contributed by atoms with van der Waals surface area (Å²) in [4.78, 5) is 38.5. The number of hydrogen-bond acceptors (Lipinski definition) is 5. The summed E-state index contributed by atoms with van der Waals surface area (Å²) in [6.45, 7) is 3.63. The molecule has 1 aliphatic rings. The summed E-state index contributed by atoms with van der Waals surface area (Å²) in [5.41, 5.74) is 1.16. The van der Waals surface area contributed by atoms with Gasteiger partial charge in [0.1, 0.15) is 11.5 Å². The van der Waals surface area contributed by atoms with Gasteiger partial charge in [0, 0.05) is 51.3 Å². The Morgan fingerprint density at radius 3 is 2.34 bits per heavy atom. The minimum Gasteiger partial charge on any atom is -0.362 e. The lowest BCUT2D eigenvalue weighted by Gasteiger charge is -2.35. The van der Waals surface area contributed by atoms with Crippen LogP contribution in [0.25, 0.3) is 0 Å². The molecule has 0 aliphatic carbocycles. The van der Waals surface area contributed by atoms with Crippen LogP contribution in [-0.4, -0.2) is 47.8 Å². The second-order valence-electron chi connectivity index (χ2n) is 6.76.